The molecule has 2 N–H and O–H groups in total. The van der Waals surface area contributed by atoms with Gasteiger partial charge in [0.1, 0.15) is 12.5 Å². The van der Waals surface area contributed by atoms with E-state index in [9.17, 15) is 9.59 Å². The van der Waals surface area contributed by atoms with E-state index < -0.39 is 17.9 Å². The number of carboxylic acids is 1. The molecular formula is C10H17NO6. The molecule has 2 atom stereocenters. The minimum Gasteiger partial charge on any atom is -0.481 e. The number of rotatable bonds is 7. The van der Waals surface area contributed by atoms with E-state index in [1.807, 2.05) is 0 Å². The highest BCUT2D eigenvalue weighted by Crippen LogP contribution is 2.13. The van der Waals surface area contributed by atoms with Crippen molar-refractivity contribution >= 4 is 11.9 Å². The maximum absolute atomic E-state index is 11.4. The SMILES string of the molecule is COCCOCC(=O)NC1COCC1C(=O)O. The molecule has 7 nitrogen and oxygen atoms in total. The van der Waals surface area contributed by atoms with Crippen molar-refractivity contribution in [2.45, 2.75) is 6.04 Å². The summed E-state index contributed by atoms with van der Waals surface area (Å²) >= 11 is 0. The second-order valence-corrected chi connectivity index (χ2v) is 3.70. The average Bonchev–Trinajstić information content (AvgIpc) is 2.72. The number of carbonyl (C=O) groups excluding carboxylic acids is 1. The average molecular weight is 247 g/mol. The third-order valence-corrected chi connectivity index (χ3v) is 2.41. The first-order valence-electron chi connectivity index (χ1n) is 5.31. The van der Waals surface area contributed by atoms with E-state index in [1.54, 1.807) is 0 Å². The molecule has 0 spiro atoms. The number of hydrogen-bond donors (Lipinski definition) is 2. The van der Waals surface area contributed by atoms with Gasteiger partial charge in [0.05, 0.1) is 32.5 Å². The lowest BCUT2D eigenvalue weighted by molar-refractivity contribution is -0.142. The Hall–Kier alpha value is -1.18. The zero-order chi connectivity index (χ0) is 12.7. The van der Waals surface area contributed by atoms with E-state index in [-0.39, 0.29) is 25.7 Å². The molecule has 0 radical (unpaired) electrons. The number of carbonyl (C=O) groups is 2. The fourth-order valence-electron chi connectivity index (χ4n) is 1.50. The molecule has 0 aliphatic carbocycles. The topological polar surface area (TPSA) is 94.1 Å². The van der Waals surface area contributed by atoms with Gasteiger partial charge in [0, 0.05) is 7.11 Å². The highest BCUT2D eigenvalue weighted by molar-refractivity contribution is 5.79. The standard InChI is InChI=1S/C10H17NO6/c1-15-2-3-16-6-9(12)11-8-5-17-4-7(8)10(13)14/h7-8H,2-6H2,1H3,(H,11,12)(H,13,14). The normalized spacial score (nSPS) is 23.6. The van der Waals surface area contributed by atoms with Crippen LogP contribution in [0.4, 0.5) is 0 Å². The largest absolute Gasteiger partial charge is 0.481 e. The van der Waals surface area contributed by atoms with E-state index in [1.165, 1.54) is 7.11 Å². The van der Waals surface area contributed by atoms with Crippen molar-refractivity contribution in [3.8, 4) is 0 Å². The number of aliphatic carboxylic acids is 1. The molecule has 1 saturated heterocycles. The third-order valence-electron chi connectivity index (χ3n) is 2.41. The maximum atomic E-state index is 11.4. The first-order chi connectivity index (χ1) is 8.15. The van der Waals surface area contributed by atoms with Gasteiger partial charge in [0.2, 0.25) is 5.91 Å². The van der Waals surface area contributed by atoms with Crippen molar-refractivity contribution < 1.29 is 28.9 Å². The summed E-state index contributed by atoms with van der Waals surface area (Å²) in [6.45, 7) is 0.989. The van der Waals surface area contributed by atoms with Gasteiger partial charge in [-0.3, -0.25) is 9.59 Å². The van der Waals surface area contributed by atoms with Crippen LogP contribution in [0.15, 0.2) is 0 Å². The van der Waals surface area contributed by atoms with Crippen LogP contribution in [0.2, 0.25) is 0 Å². The smallest absolute Gasteiger partial charge is 0.311 e. The molecule has 1 fully saturated rings. The Morgan fingerprint density at radius 3 is 2.82 bits per heavy atom. The molecule has 1 rings (SSSR count). The lowest BCUT2D eigenvalue weighted by Gasteiger charge is -2.15. The number of methoxy groups -OCH3 is 1. The van der Waals surface area contributed by atoms with Crippen molar-refractivity contribution in [1.29, 1.82) is 0 Å². The second-order valence-electron chi connectivity index (χ2n) is 3.70. The van der Waals surface area contributed by atoms with Crippen LogP contribution >= 0.6 is 0 Å². The third kappa shape index (κ3) is 4.68. The van der Waals surface area contributed by atoms with Gasteiger partial charge in [-0.2, -0.15) is 0 Å². The second kappa shape index (κ2) is 7.21. The van der Waals surface area contributed by atoms with Crippen molar-refractivity contribution in [1.82, 2.24) is 5.32 Å². The van der Waals surface area contributed by atoms with Crippen LogP contribution < -0.4 is 5.32 Å². The molecule has 0 aromatic carbocycles. The Morgan fingerprint density at radius 2 is 2.18 bits per heavy atom. The fraction of sp³-hybridized carbons (Fsp3) is 0.800. The van der Waals surface area contributed by atoms with E-state index in [0.29, 0.717) is 13.2 Å². The summed E-state index contributed by atoms with van der Waals surface area (Å²) in [5, 5.41) is 11.4. The highest BCUT2D eigenvalue weighted by atomic mass is 16.5. The Kier molecular flexibility index (Phi) is 5.88. The van der Waals surface area contributed by atoms with Crippen LogP contribution in [0.3, 0.4) is 0 Å². The van der Waals surface area contributed by atoms with Crippen LogP contribution in [0.5, 0.6) is 0 Å². The van der Waals surface area contributed by atoms with Gasteiger partial charge >= 0.3 is 5.97 Å². The number of amides is 1. The minimum atomic E-state index is -0.965. The molecular weight excluding hydrogens is 230 g/mol. The Morgan fingerprint density at radius 1 is 1.41 bits per heavy atom. The molecule has 0 bridgehead atoms. The van der Waals surface area contributed by atoms with Gasteiger partial charge in [0.15, 0.2) is 0 Å². The fourth-order valence-corrected chi connectivity index (χ4v) is 1.50. The van der Waals surface area contributed by atoms with E-state index in [4.69, 9.17) is 19.3 Å². The van der Waals surface area contributed by atoms with Crippen LogP contribution in [0.1, 0.15) is 0 Å². The Labute approximate surface area is 99.0 Å². The molecule has 1 aliphatic rings. The number of hydrogen-bond acceptors (Lipinski definition) is 5. The molecule has 1 heterocycles. The summed E-state index contributed by atoms with van der Waals surface area (Å²) in [6.07, 6.45) is 0. The number of nitrogens with one attached hydrogen (secondary N) is 1. The zero-order valence-corrected chi connectivity index (χ0v) is 9.68. The summed E-state index contributed by atoms with van der Waals surface area (Å²) in [7, 11) is 1.54. The summed E-state index contributed by atoms with van der Waals surface area (Å²) in [6, 6.07) is -0.481. The predicted molar refractivity (Wildman–Crippen MR) is 56.6 cm³/mol. The van der Waals surface area contributed by atoms with E-state index >= 15 is 0 Å². The van der Waals surface area contributed by atoms with Gasteiger partial charge in [-0.05, 0) is 0 Å². The molecule has 1 aliphatic heterocycles. The lowest BCUT2D eigenvalue weighted by Crippen LogP contribution is -2.44. The van der Waals surface area contributed by atoms with Gasteiger partial charge in [-0.25, -0.2) is 0 Å². The van der Waals surface area contributed by atoms with Crippen LogP contribution in [0.25, 0.3) is 0 Å². The molecule has 2 unspecified atom stereocenters. The van der Waals surface area contributed by atoms with Gasteiger partial charge in [-0.1, -0.05) is 0 Å². The molecule has 7 heteroatoms. The number of carboxylic acid groups (broad SMARTS) is 1. The summed E-state index contributed by atoms with van der Waals surface area (Å²) in [4.78, 5) is 22.2. The van der Waals surface area contributed by atoms with Crippen molar-refractivity contribution in [2.75, 3.05) is 40.1 Å². The molecule has 17 heavy (non-hydrogen) atoms. The van der Waals surface area contributed by atoms with Crippen LogP contribution in [0, 0.1) is 5.92 Å². The lowest BCUT2D eigenvalue weighted by atomic mass is 10.0. The van der Waals surface area contributed by atoms with Gasteiger partial charge in [0.25, 0.3) is 0 Å². The summed E-state index contributed by atoms with van der Waals surface area (Å²) < 4.78 is 14.8. The van der Waals surface area contributed by atoms with Gasteiger partial charge < -0.3 is 24.6 Å². The molecule has 0 aromatic rings. The van der Waals surface area contributed by atoms with E-state index in [0.717, 1.165) is 0 Å². The number of ether oxygens (including phenoxy) is 3. The van der Waals surface area contributed by atoms with Crippen molar-refractivity contribution in [3.63, 3.8) is 0 Å². The Bertz CT molecular complexity index is 270. The Balaban J connectivity index is 2.23. The summed E-state index contributed by atoms with van der Waals surface area (Å²) in [5.41, 5.74) is 0. The van der Waals surface area contributed by atoms with Gasteiger partial charge in [-0.15, -0.1) is 0 Å². The monoisotopic (exact) mass is 247 g/mol. The summed E-state index contributed by atoms with van der Waals surface area (Å²) in [5.74, 6) is -1.99. The first kappa shape index (κ1) is 13.9. The molecule has 98 valence electrons. The first-order valence-corrected chi connectivity index (χ1v) is 5.31. The maximum Gasteiger partial charge on any atom is 0.311 e. The minimum absolute atomic E-state index is 0.105. The molecule has 0 aromatic heterocycles. The van der Waals surface area contributed by atoms with Crippen molar-refractivity contribution in [3.05, 3.63) is 0 Å². The quantitative estimate of drug-likeness (QED) is 0.553. The van der Waals surface area contributed by atoms with E-state index in [2.05, 4.69) is 5.32 Å². The predicted octanol–water partition coefficient (Wildman–Crippen LogP) is -1.13. The van der Waals surface area contributed by atoms with Crippen molar-refractivity contribution in [2.24, 2.45) is 5.92 Å². The van der Waals surface area contributed by atoms with Crippen LogP contribution in [-0.2, 0) is 23.8 Å². The molecule has 1 amide bonds. The zero-order valence-electron chi connectivity index (χ0n) is 9.68. The molecule has 0 saturated carbocycles. The van der Waals surface area contributed by atoms with Crippen LogP contribution in [-0.4, -0.2) is 63.2 Å². The highest BCUT2D eigenvalue weighted by Gasteiger charge is 2.34.